The highest BCUT2D eigenvalue weighted by atomic mass is 35.5. The lowest BCUT2D eigenvalue weighted by Crippen LogP contribution is -2.06. The lowest BCUT2D eigenvalue weighted by atomic mass is 10.0. The third-order valence-corrected chi connectivity index (χ3v) is 3.26. The van der Waals surface area contributed by atoms with E-state index in [1.165, 1.54) is 5.56 Å². The lowest BCUT2D eigenvalue weighted by Gasteiger charge is -2.11. The third kappa shape index (κ3) is 2.50. The number of rotatable bonds is 4. The van der Waals surface area contributed by atoms with E-state index in [1.54, 1.807) is 0 Å². The molecule has 2 nitrogen and oxygen atoms in total. The molecule has 0 saturated heterocycles. The van der Waals surface area contributed by atoms with E-state index in [4.69, 9.17) is 16.3 Å². The summed E-state index contributed by atoms with van der Waals surface area (Å²) in [5.74, 6) is 0.993. The maximum atomic E-state index is 9.56. The van der Waals surface area contributed by atoms with Gasteiger partial charge in [0.2, 0.25) is 0 Å². The summed E-state index contributed by atoms with van der Waals surface area (Å²) in [7, 11) is 0. The minimum Gasteiger partial charge on any atom is -0.493 e. The second-order valence-corrected chi connectivity index (χ2v) is 4.69. The molecule has 1 unspecified atom stereocenters. The van der Waals surface area contributed by atoms with Crippen LogP contribution in [0.3, 0.4) is 0 Å². The van der Waals surface area contributed by atoms with E-state index in [2.05, 4.69) is 0 Å². The fraction of sp³-hybridized carbons (Fsp3) is 0.538. The minimum atomic E-state index is -0.226. The maximum absolute atomic E-state index is 9.56. The monoisotopic (exact) mass is 240 g/mol. The van der Waals surface area contributed by atoms with E-state index >= 15 is 0 Å². The van der Waals surface area contributed by atoms with Crippen LogP contribution in [0.25, 0.3) is 0 Å². The summed E-state index contributed by atoms with van der Waals surface area (Å²) in [5.41, 5.74) is 2.33. The van der Waals surface area contributed by atoms with Crippen molar-refractivity contribution in [3.05, 3.63) is 28.3 Å². The van der Waals surface area contributed by atoms with Crippen molar-refractivity contribution in [1.82, 2.24) is 0 Å². The molecular weight excluding hydrogens is 224 g/mol. The number of aryl methyl sites for hydroxylation is 1. The quantitative estimate of drug-likeness (QED) is 0.877. The summed E-state index contributed by atoms with van der Waals surface area (Å²) in [6, 6.07) is 3.93. The fourth-order valence-electron chi connectivity index (χ4n) is 2.06. The van der Waals surface area contributed by atoms with Gasteiger partial charge in [-0.2, -0.15) is 0 Å². The van der Waals surface area contributed by atoms with Gasteiger partial charge in [0, 0.05) is 11.4 Å². The SMILES string of the molecule is CCC(O)CCc1cc(Cl)cc2c1OCC2. The summed E-state index contributed by atoms with van der Waals surface area (Å²) in [4.78, 5) is 0. The molecule has 0 aliphatic carbocycles. The molecular formula is C13H17ClO2. The molecule has 0 fully saturated rings. The van der Waals surface area contributed by atoms with Gasteiger partial charge in [0.1, 0.15) is 5.75 Å². The number of fused-ring (bicyclic) bond motifs is 1. The first-order chi connectivity index (χ1) is 7.70. The van der Waals surface area contributed by atoms with Gasteiger partial charge in [-0.1, -0.05) is 18.5 Å². The van der Waals surface area contributed by atoms with E-state index in [-0.39, 0.29) is 6.10 Å². The van der Waals surface area contributed by atoms with Crippen LogP contribution in [0.4, 0.5) is 0 Å². The van der Waals surface area contributed by atoms with Gasteiger partial charge in [-0.05, 0) is 42.5 Å². The first kappa shape index (κ1) is 11.7. The predicted octanol–water partition coefficient (Wildman–Crippen LogP) is 2.98. The molecule has 0 bridgehead atoms. The molecule has 0 spiro atoms. The molecule has 1 N–H and O–H groups in total. The minimum absolute atomic E-state index is 0.226. The summed E-state index contributed by atoms with van der Waals surface area (Å²) >= 11 is 6.06. The zero-order valence-electron chi connectivity index (χ0n) is 9.50. The molecule has 0 radical (unpaired) electrons. The summed E-state index contributed by atoms with van der Waals surface area (Å²) in [6.07, 6.45) is 3.11. The van der Waals surface area contributed by atoms with E-state index in [1.807, 2.05) is 19.1 Å². The van der Waals surface area contributed by atoms with Gasteiger partial charge in [0.15, 0.2) is 0 Å². The van der Waals surface area contributed by atoms with Gasteiger partial charge in [-0.3, -0.25) is 0 Å². The molecule has 1 aliphatic rings. The molecule has 88 valence electrons. The number of hydrogen-bond acceptors (Lipinski definition) is 2. The van der Waals surface area contributed by atoms with E-state index < -0.39 is 0 Å². The third-order valence-electron chi connectivity index (χ3n) is 3.04. The molecule has 2 rings (SSSR count). The number of hydrogen-bond donors (Lipinski definition) is 1. The Morgan fingerprint density at radius 3 is 3.06 bits per heavy atom. The molecule has 1 atom stereocenters. The second kappa shape index (κ2) is 5.07. The Morgan fingerprint density at radius 1 is 1.50 bits per heavy atom. The average molecular weight is 241 g/mol. The first-order valence-corrected chi connectivity index (χ1v) is 6.20. The van der Waals surface area contributed by atoms with Crippen molar-refractivity contribution in [1.29, 1.82) is 0 Å². The Bertz CT molecular complexity index is 376. The Kier molecular flexibility index (Phi) is 3.72. The molecule has 1 aliphatic heterocycles. The van der Waals surface area contributed by atoms with Crippen LogP contribution in [0.5, 0.6) is 5.75 Å². The van der Waals surface area contributed by atoms with Gasteiger partial charge < -0.3 is 9.84 Å². The van der Waals surface area contributed by atoms with Crippen LogP contribution in [0.2, 0.25) is 5.02 Å². The summed E-state index contributed by atoms with van der Waals surface area (Å²) in [5, 5.41) is 10.3. The summed E-state index contributed by atoms with van der Waals surface area (Å²) in [6.45, 7) is 2.74. The topological polar surface area (TPSA) is 29.5 Å². The van der Waals surface area contributed by atoms with Crippen molar-refractivity contribution >= 4 is 11.6 Å². The predicted molar refractivity (Wildman–Crippen MR) is 65.3 cm³/mol. The molecule has 16 heavy (non-hydrogen) atoms. The van der Waals surface area contributed by atoms with Gasteiger partial charge in [-0.15, -0.1) is 0 Å². The maximum Gasteiger partial charge on any atom is 0.125 e. The Morgan fingerprint density at radius 2 is 2.31 bits per heavy atom. The van der Waals surface area contributed by atoms with Crippen molar-refractivity contribution in [2.75, 3.05) is 6.61 Å². The molecule has 3 heteroatoms. The van der Waals surface area contributed by atoms with Crippen molar-refractivity contribution < 1.29 is 9.84 Å². The van der Waals surface area contributed by atoms with Crippen LogP contribution in [-0.4, -0.2) is 17.8 Å². The molecule has 1 heterocycles. The van der Waals surface area contributed by atoms with Gasteiger partial charge >= 0.3 is 0 Å². The highest BCUT2D eigenvalue weighted by Crippen LogP contribution is 2.33. The number of benzene rings is 1. The number of ether oxygens (including phenoxy) is 1. The van der Waals surface area contributed by atoms with Crippen LogP contribution in [-0.2, 0) is 12.8 Å². The fourth-order valence-corrected chi connectivity index (χ4v) is 2.32. The van der Waals surface area contributed by atoms with Crippen LogP contribution in [0, 0.1) is 0 Å². The van der Waals surface area contributed by atoms with E-state index in [9.17, 15) is 5.11 Å². The Labute approximate surface area is 101 Å². The van der Waals surface area contributed by atoms with Crippen molar-refractivity contribution in [3.8, 4) is 5.75 Å². The Balaban J connectivity index is 2.14. The number of halogens is 1. The highest BCUT2D eigenvalue weighted by molar-refractivity contribution is 6.30. The molecule has 1 aromatic rings. The molecule has 0 saturated carbocycles. The molecule has 0 amide bonds. The van der Waals surface area contributed by atoms with Crippen molar-refractivity contribution in [3.63, 3.8) is 0 Å². The smallest absolute Gasteiger partial charge is 0.125 e. The van der Waals surface area contributed by atoms with E-state index in [0.29, 0.717) is 0 Å². The van der Waals surface area contributed by atoms with Crippen molar-refractivity contribution in [2.45, 2.75) is 38.7 Å². The molecule has 0 aromatic heterocycles. The zero-order chi connectivity index (χ0) is 11.5. The van der Waals surface area contributed by atoms with Crippen LogP contribution in [0.15, 0.2) is 12.1 Å². The average Bonchev–Trinajstić information content (AvgIpc) is 2.73. The number of aliphatic hydroxyl groups excluding tert-OH is 1. The first-order valence-electron chi connectivity index (χ1n) is 5.83. The Hall–Kier alpha value is -0.730. The van der Waals surface area contributed by atoms with Crippen molar-refractivity contribution in [2.24, 2.45) is 0 Å². The zero-order valence-corrected chi connectivity index (χ0v) is 10.3. The van der Waals surface area contributed by atoms with Crippen LogP contribution >= 0.6 is 11.6 Å². The summed E-state index contributed by atoms with van der Waals surface area (Å²) < 4.78 is 5.61. The molecule has 1 aromatic carbocycles. The normalized spacial score (nSPS) is 15.7. The van der Waals surface area contributed by atoms with Gasteiger partial charge in [0.25, 0.3) is 0 Å². The van der Waals surface area contributed by atoms with Crippen LogP contribution in [0.1, 0.15) is 30.9 Å². The second-order valence-electron chi connectivity index (χ2n) is 4.25. The standard InChI is InChI=1S/C13H17ClO2/c1-2-12(15)4-3-9-7-11(14)8-10-5-6-16-13(9)10/h7-8,12,15H,2-6H2,1H3. The largest absolute Gasteiger partial charge is 0.493 e. The highest BCUT2D eigenvalue weighted by Gasteiger charge is 2.17. The lowest BCUT2D eigenvalue weighted by molar-refractivity contribution is 0.160. The van der Waals surface area contributed by atoms with Gasteiger partial charge in [-0.25, -0.2) is 0 Å². The van der Waals surface area contributed by atoms with Gasteiger partial charge in [0.05, 0.1) is 12.7 Å². The van der Waals surface area contributed by atoms with Crippen LogP contribution < -0.4 is 4.74 Å². The number of aliphatic hydroxyl groups is 1. The van der Waals surface area contributed by atoms with E-state index in [0.717, 1.165) is 48.6 Å².